The average molecular weight is 333 g/mol. The van der Waals surface area contributed by atoms with Gasteiger partial charge in [0.2, 0.25) is 0 Å². The molecule has 122 valence electrons. The van der Waals surface area contributed by atoms with Crippen LogP contribution in [0.4, 0.5) is 0 Å². The summed E-state index contributed by atoms with van der Waals surface area (Å²) >= 11 is 0. The van der Waals surface area contributed by atoms with E-state index in [2.05, 4.69) is 14.7 Å². The molecule has 0 amide bonds. The fourth-order valence-electron chi connectivity index (χ4n) is 2.50. The summed E-state index contributed by atoms with van der Waals surface area (Å²) in [6.45, 7) is 4.62. The topological polar surface area (TPSA) is 81.8 Å². The first-order chi connectivity index (χ1) is 10.9. The number of nitrogens with zero attached hydrogens (tertiary/aromatic N) is 4. The zero-order chi connectivity index (χ0) is 16.6. The van der Waals surface area contributed by atoms with Crippen LogP contribution in [0.1, 0.15) is 18.6 Å². The van der Waals surface area contributed by atoms with Gasteiger partial charge in [0.25, 0.3) is 10.0 Å². The van der Waals surface area contributed by atoms with Crippen molar-refractivity contribution >= 4 is 21.1 Å². The SMILES string of the molecule is CCn1c(CNS(=O)(=O)c2cn(C)c(C)n2)nc2ccccc21. The normalized spacial score (nSPS) is 12.1. The van der Waals surface area contributed by atoms with Gasteiger partial charge < -0.3 is 9.13 Å². The molecule has 7 nitrogen and oxygen atoms in total. The third kappa shape index (κ3) is 2.87. The Morgan fingerprint density at radius 3 is 2.61 bits per heavy atom. The highest BCUT2D eigenvalue weighted by Crippen LogP contribution is 2.16. The van der Waals surface area contributed by atoms with Crippen molar-refractivity contribution in [3.63, 3.8) is 0 Å². The van der Waals surface area contributed by atoms with Gasteiger partial charge in [-0.1, -0.05) is 12.1 Å². The van der Waals surface area contributed by atoms with Crippen LogP contribution in [0.3, 0.4) is 0 Å². The predicted molar refractivity (Wildman–Crippen MR) is 87.4 cm³/mol. The van der Waals surface area contributed by atoms with E-state index in [1.807, 2.05) is 35.8 Å². The van der Waals surface area contributed by atoms with E-state index in [0.717, 1.165) is 17.6 Å². The largest absolute Gasteiger partial charge is 0.337 e. The first kappa shape index (κ1) is 15.7. The molecular formula is C15H19N5O2S. The zero-order valence-electron chi connectivity index (χ0n) is 13.3. The Labute approximate surface area is 135 Å². The number of nitrogens with one attached hydrogen (secondary N) is 1. The zero-order valence-corrected chi connectivity index (χ0v) is 14.1. The number of aryl methyl sites for hydroxylation is 3. The molecule has 8 heteroatoms. The van der Waals surface area contributed by atoms with Crippen molar-refractivity contribution in [2.45, 2.75) is 32.0 Å². The summed E-state index contributed by atoms with van der Waals surface area (Å²) in [6.07, 6.45) is 1.50. The molecule has 0 aliphatic rings. The molecule has 1 aromatic carbocycles. The molecule has 23 heavy (non-hydrogen) atoms. The van der Waals surface area contributed by atoms with Crippen molar-refractivity contribution in [1.29, 1.82) is 0 Å². The highest BCUT2D eigenvalue weighted by atomic mass is 32.2. The lowest BCUT2D eigenvalue weighted by Crippen LogP contribution is -2.25. The summed E-state index contributed by atoms with van der Waals surface area (Å²) in [4.78, 5) is 8.58. The molecule has 1 N–H and O–H groups in total. The van der Waals surface area contributed by atoms with Crippen molar-refractivity contribution in [2.24, 2.45) is 7.05 Å². The Kier molecular flexibility index (Phi) is 3.95. The standard InChI is InChI=1S/C15H19N5O2S/c1-4-20-13-8-6-5-7-12(13)18-14(20)9-16-23(21,22)15-10-19(3)11(2)17-15/h5-8,10,16H,4,9H2,1-3H3. The van der Waals surface area contributed by atoms with E-state index in [0.29, 0.717) is 11.6 Å². The first-order valence-electron chi connectivity index (χ1n) is 7.36. The molecule has 0 radical (unpaired) electrons. The van der Waals surface area contributed by atoms with Gasteiger partial charge in [0.1, 0.15) is 11.6 Å². The number of sulfonamides is 1. The maximum Gasteiger partial charge on any atom is 0.259 e. The summed E-state index contributed by atoms with van der Waals surface area (Å²) in [5.41, 5.74) is 1.86. The second-order valence-corrected chi connectivity index (χ2v) is 7.04. The van der Waals surface area contributed by atoms with Crippen molar-refractivity contribution in [3.8, 4) is 0 Å². The van der Waals surface area contributed by atoms with Gasteiger partial charge in [-0.2, -0.15) is 0 Å². The van der Waals surface area contributed by atoms with Gasteiger partial charge in [-0.05, 0) is 26.0 Å². The number of benzene rings is 1. The molecule has 0 atom stereocenters. The van der Waals surface area contributed by atoms with Crippen LogP contribution in [0, 0.1) is 6.92 Å². The minimum Gasteiger partial charge on any atom is -0.337 e. The van der Waals surface area contributed by atoms with Crippen LogP contribution in [0.2, 0.25) is 0 Å². The maximum atomic E-state index is 12.4. The van der Waals surface area contributed by atoms with Crippen LogP contribution < -0.4 is 4.72 Å². The van der Waals surface area contributed by atoms with Crippen molar-refractivity contribution in [2.75, 3.05) is 0 Å². The van der Waals surface area contributed by atoms with Crippen molar-refractivity contribution in [1.82, 2.24) is 23.8 Å². The number of rotatable bonds is 5. The van der Waals surface area contributed by atoms with Crippen molar-refractivity contribution in [3.05, 3.63) is 42.1 Å². The molecule has 2 aromatic heterocycles. The van der Waals surface area contributed by atoms with E-state index in [-0.39, 0.29) is 11.6 Å². The van der Waals surface area contributed by atoms with E-state index >= 15 is 0 Å². The van der Waals surface area contributed by atoms with Gasteiger partial charge in [0, 0.05) is 19.8 Å². The second-order valence-electron chi connectivity index (χ2n) is 5.32. The highest BCUT2D eigenvalue weighted by molar-refractivity contribution is 7.89. The minimum atomic E-state index is -3.66. The molecule has 0 aliphatic heterocycles. The van der Waals surface area contributed by atoms with Crippen LogP contribution >= 0.6 is 0 Å². The van der Waals surface area contributed by atoms with E-state index in [1.165, 1.54) is 6.20 Å². The average Bonchev–Trinajstić information content (AvgIpc) is 3.06. The second kappa shape index (κ2) is 5.78. The van der Waals surface area contributed by atoms with E-state index in [1.54, 1.807) is 18.5 Å². The predicted octanol–water partition coefficient (Wildman–Crippen LogP) is 1.58. The van der Waals surface area contributed by atoms with Crippen LogP contribution in [-0.2, 0) is 30.2 Å². The number of hydrogen-bond acceptors (Lipinski definition) is 4. The third-order valence-corrected chi connectivity index (χ3v) is 5.10. The molecule has 0 bridgehead atoms. The van der Waals surface area contributed by atoms with Crippen LogP contribution in [-0.4, -0.2) is 27.5 Å². The Bertz CT molecular complexity index is 936. The molecule has 2 heterocycles. The number of fused-ring (bicyclic) bond motifs is 1. The summed E-state index contributed by atoms with van der Waals surface area (Å²) < 4.78 is 31.0. The van der Waals surface area contributed by atoms with Gasteiger partial charge in [0.05, 0.1) is 17.6 Å². The van der Waals surface area contributed by atoms with Gasteiger partial charge in [0.15, 0.2) is 5.03 Å². The molecule has 0 aliphatic carbocycles. The van der Waals surface area contributed by atoms with Crippen LogP contribution in [0.25, 0.3) is 11.0 Å². The fourth-order valence-corrected chi connectivity index (χ4v) is 3.52. The smallest absolute Gasteiger partial charge is 0.259 e. The monoisotopic (exact) mass is 333 g/mol. The van der Waals surface area contributed by atoms with Gasteiger partial charge in [-0.25, -0.2) is 23.1 Å². The molecular weight excluding hydrogens is 314 g/mol. The van der Waals surface area contributed by atoms with Crippen molar-refractivity contribution < 1.29 is 8.42 Å². The van der Waals surface area contributed by atoms with Gasteiger partial charge >= 0.3 is 0 Å². The Balaban J connectivity index is 1.88. The lowest BCUT2D eigenvalue weighted by Gasteiger charge is -2.07. The third-order valence-electron chi connectivity index (χ3n) is 3.83. The molecule has 0 saturated carbocycles. The number of imidazole rings is 2. The molecule has 0 unspecified atom stereocenters. The lowest BCUT2D eigenvalue weighted by molar-refractivity contribution is 0.572. The van der Waals surface area contributed by atoms with E-state index < -0.39 is 10.0 Å². The summed E-state index contributed by atoms with van der Waals surface area (Å²) in [5, 5.41) is 0.0247. The molecule has 3 rings (SSSR count). The Morgan fingerprint density at radius 1 is 1.22 bits per heavy atom. The van der Waals surface area contributed by atoms with E-state index in [4.69, 9.17) is 0 Å². The molecule has 0 spiro atoms. The van der Waals surface area contributed by atoms with Gasteiger partial charge in [-0.3, -0.25) is 0 Å². The number of para-hydroxylation sites is 2. The van der Waals surface area contributed by atoms with E-state index in [9.17, 15) is 8.42 Å². The highest BCUT2D eigenvalue weighted by Gasteiger charge is 2.19. The summed E-state index contributed by atoms with van der Waals surface area (Å²) in [5.74, 6) is 1.33. The molecule has 0 saturated heterocycles. The van der Waals surface area contributed by atoms with Crippen LogP contribution in [0.15, 0.2) is 35.5 Å². The maximum absolute atomic E-state index is 12.4. The Hall–Kier alpha value is -2.19. The summed E-state index contributed by atoms with van der Waals surface area (Å²) in [6, 6.07) is 7.76. The lowest BCUT2D eigenvalue weighted by atomic mass is 10.3. The van der Waals surface area contributed by atoms with Gasteiger partial charge in [-0.15, -0.1) is 0 Å². The fraction of sp³-hybridized carbons (Fsp3) is 0.333. The van der Waals surface area contributed by atoms with Crippen LogP contribution in [0.5, 0.6) is 0 Å². The number of aromatic nitrogens is 4. The minimum absolute atomic E-state index is 0.0247. The first-order valence-corrected chi connectivity index (χ1v) is 8.84. The summed E-state index contributed by atoms with van der Waals surface area (Å²) in [7, 11) is -1.90. The number of hydrogen-bond donors (Lipinski definition) is 1. The Morgan fingerprint density at radius 2 is 1.96 bits per heavy atom. The quantitative estimate of drug-likeness (QED) is 0.768. The molecule has 0 fully saturated rings. The molecule has 3 aromatic rings.